The van der Waals surface area contributed by atoms with Gasteiger partial charge < -0.3 is 15.0 Å². The SMILES string of the molecule is CCCCCCCCCCCCCC(=O)O.CCCCCCCCCCCCCCCCCC(=O)[O-].[Na+]. The Morgan fingerprint density at radius 2 is 0.649 bits per heavy atom. The van der Waals surface area contributed by atoms with E-state index in [1.165, 1.54) is 141 Å². The zero-order valence-electron chi connectivity index (χ0n) is 25.5. The van der Waals surface area contributed by atoms with Gasteiger partial charge in [0.25, 0.3) is 0 Å². The molecule has 0 aromatic heterocycles. The van der Waals surface area contributed by atoms with Crippen LogP contribution in [-0.2, 0) is 9.59 Å². The molecule has 0 bridgehead atoms. The second-order valence-electron chi connectivity index (χ2n) is 10.8. The van der Waals surface area contributed by atoms with Crippen molar-refractivity contribution in [3.63, 3.8) is 0 Å². The number of hydrogen-bond donors (Lipinski definition) is 1. The summed E-state index contributed by atoms with van der Waals surface area (Å²) in [5.74, 6) is -1.56. The van der Waals surface area contributed by atoms with Crippen molar-refractivity contribution < 1.29 is 49.4 Å². The summed E-state index contributed by atoms with van der Waals surface area (Å²) >= 11 is 0. The van der Waals surface area contributed by atoms with Gasteiger partial charge in [-0.15, -0.1) is 0 Å². The predicted octanol–water partition coefficient (Wildman–Crippen LogP) is 6.77. The normalized spacial score (nSPS) is 10.4. The van der Waals surface area contributed by atoms with Gasteiger partial charge in [0.1, 0.15) is 0 Å². The quantitative estimate of drug-likeness (QED) is 0.0887. The van der Waals surface area contributed by atoms with E-state index in [-0.39, 0.29) is 36.0 Å². The third kappa shape index (κ3) is 46.2. The van der Waals surface area contributed by atoms with Gasteiger partial charge in [-0.25, -0.2) is 0 Å². The summed E-state index contributed by atoms with van der Waals surface area (Å²) in [6.45, 7) is 4.51. The molecule has 4 nitrogen and oxygen atoms in total. The fourth-order valence-corrected chi connectivity index (χ4v) is 4.58. The molecule has 0 saturated carbocycles. The maximum absolute atomic E-state index is 10.3. The Morgan fingerprint density at radius 3 is 0.865 bits per heavy atom. The van der Waals surface area contributed by atoms with Crippen molar-refractivity contribution in [1.29, 1.82) is 0 Å². The minimum Gasteiger partial charge on any atom is -0.550 e. The fourth-order valence-electron chi connectivity index (χ4n) is 4.58. The van der Waals surface area contributed by atoms with E-state index in [4.69, 9.17) is 5.11 Å². The zero-order chi connectivity index (χ0) is 27.0. The van der Waals surface area contributed by atoms with Crippen LogP contribution in [0.15, 0.2) is 0 Å². The van der Waals surface area contributed by atoms with E-state index in [0.29, 0.717) is 6.42 Å². The number of carbonyl (C=O) groups is 2. The number of carboxylic acid groups (broad SMARTS) is 2. The molecule has 0 aliphatic heterocycles. The van der Waals surface area contributed by atoms with Crippen LogP contribution in [0, 0.1) is 0 Å². The van der Waals surface area contributed by atoms with Gasteiger partial charge in [-0.2, -0.15) is 0 Å². The molecule has 0 spiro atoms. The van der Waals surface area contributed by atoms with Crippen molar-refractivity contribution in [3.8, 4) is 0 Å². The number of carboxylic acids is 2. The van der Waals surface area contributed by atoms with Crippen LogP contribution >= 0.6 is 0 Å². The van der Waals surface area contributed by atoms with Crippen LogP contribution in [0.1, 0.15) is 194 Å². The van der Waals surface area contributed by atoms with Gasteiger partial charge in [0.15, 0.2) is 0 Å². The van der Waals surface area contributed by atoms with Crippen molar-refractivity contribution >= 4 is 11.9 Å². The minimum absolute atomic E-state index is 0. The molecule has 5 heteroatoms. The Morgan fingerprint density at radius 1 is 0.432 bits per heavy atom. The molecule has 216 valence electrons. The van der Waals surface area contributed by atoms with Crippen molar-refractivity contribution in [3.05, 3.63) is 0 Å². The van der Waals surface area contributed by atoms with Gasteiger partial charge in [-0.3, -0.25) is 4.79 Å². The Kier molecular flexibility index (Phi) is 42.6. The second kappa shape index (κ2) is 38.1. The average Bonchev–Trinajstić information content (AvgIpc) is 2.85. The number of carbonyl (C=O) groups excluding carboxylic acids is 1. The molecule has 0 rings (SSSR count). The Balaban J connectivity index is -0.000000623. The number of aliphatic carboxylic acids is 2. The molecule has 0 aromatic carbocycles. The van der Waals surface area contributed by atoms with E-state index in [9.17, 15) is 14.7 Å². The molecule has 0 aliphatic rings. The smallest absolute Gasteiger partial charge is 0.550 e. The Bertz CT molecular complexity index is 443. The first-order valence-electron chi connectivity index (χ1n) is 16.0. The molecule has 1 N–H and O–H groups in total. The first-order valence-corrected chi connectivity index (χ1v) is 16.0. The molecule has 37 heavy (non-hydrogen) atoms. The summed E-state index contributed by atoms with van der Waals surface area (Å²) in [6, 6.07) is 0. The first-order chi connectivity index (χ1) is 17.5. The number of unbranched alkanes of at least 4 members (excludes halogenated alkanes) is 24. The second-order valence-corrected chi connectivity index (χ2v) is 10.8. The molecule has 0 unspecified atom stereocenters. The van der Waals surface area contributed by atoms with Gasteiger partial charge in [-0.05, 0) is 19.3 Å². The van der Waals surface area contributed by atoms with E-state index in [0.717, 1.165) is 25.7 Å². The fraction of sp³-hybridized carbons (Fsp3) is 0.938. The van der Waals surface area contributed by atoms with Crippen LogP contribution in [-0.4, -0.2) is 17.0 Å². The molecule has 0 fully saturated rings. The summed E-state index contributed by atoms with van der Waals surface area (Å²) in [5.41, 5.74) is 0. The molecule has 0 atom stereocenters. The molecule has 0 amide bonds. The van der Waals surface area contributed by atoms with E-state index >= 15 is 0 Å². The number of hydrogen-bond acceptors (Lipinski definition) is 3. The van der Waals surface area contributed by atoms with Crippen LogP contribution in [0.5, 0.6) is 0 Å². The molecular formula is C32H63NaO4. The number of rotatable bonds is 28. The summed E-state index contributed by atoms with van der Waals surface area (Å²) in [5, 5.41) is 18.7. The summed E-state index contributed by atoms with van der Waals surface area (Å²) in [6.07, 6.45) is 34.2. The zero-order valence-corrected chi connectivity index (χ0v) is 27.5. The molecule has 0 heterocycles. The third-order valence-electron chi connectivity index (χ3n) is 6.98. The summed E-state index contributed by atoms with van der Waals surface area (Å²) < 4.78 is 0. The van der Waals surface area contributed by atoms with Crippen molar-refractivity contribution in [2.45, 2.75) is 194 Å². The Hall–Kier alpha value is -0.0600. The van der Waals surface area contributed by atoms with Gasteiger partial charge in [-0.1, -0.05) is 168 Å². The van der Waals surface area contributed by atoms with Gasteiger partial charge in [0.2, 0.25) is 0 Å². The van der Waals surface area contributed by atoms with Crippen molar-refractivity contribution in [2.24, 2.45) is 0 Å². The van der Waals surface area contributed by atoms with Gasteiger partial charge >= 0.3 is 35.5 Å². The predicted molar refractivity (Wildman–Crippen MR) is 153 cm³/mol. The monoisotopic (exact) mass is 534 g/mol. The first kappa shape index (κ1) is 41.4. The topological polar surface area (TPSA) is 77.4 Å². The average molecular weight is 535 g/mol. The van der Waals surface area contributed by atoms with Crippen molar-refractivity contribution in [2.75, 3.05) is 0 Å². The van der Waals surface area contributed by atoms with E-state index in [1.54, 1.807) is 0 Å². The van der Waals surface area contributed by atoms with Gasteiger partial charge in [0, 0.05) is 12.4 Å². The maximum Gasteiger partial charge on any atom is 1.00 e. The van der Waals surface area contributed by atoms with E-state index < -0.39 is 11.9 Å². The standard InChI is InChI=1S/C18H36O2.C14H28O2.Na/c1-2-3-4-5-6-7-8-9-10-11-12-13-14-15-16-17-18(19)20;1-2-3-4-5-6-7-8-9-10-11-12-13-14(15)16;/h2-17H2,1H3,(H,19,20);2-13H2,1H3,(H,15,16);/q;;+1/p-1. The summed E-state index contributed by atoms with van der Waals surface area (Å²) in [4.78, 5) is 20.5. The Labute approximate surface area is 253 Å². The van der Waals surface area contributed by atoms with Gasteiger partial charge in [0.05, 0.1) is 0 Å². The van der Waals surface area contributed by atoms with E-state index in [2.05, 4.69) is 13.8 Å². The van der Waals surface area contributed by atoms with Crippen LogP contribution in [0.4, 0.5) is 0 Å². The molecule has 0 saturated heterocycles. The third-order valence-corrected chi connectivity index (χ3v) is 6.98. The maximum atomic E-state index is 10.3. The van der Waals surface area contributed by atoms with Crippen LogP contribution < -0.4 is 34.7 Å². The molecular weight excluding hydrogens is 471 g/mol. The van der Waals surface area contributed by atoms with Crippen molar-refractivity contribution in [1.82, 2.24) is 0 Å². The van der Waals surface area contributed by atoms with Crippen LogP contribution in [0.2, 0.25) is 0 Å². The minimum atomic E-state index is -0.903. The largest absolute Gasteiger partial charge is 1.00 e. The van der Waals surface area contributed by atoms with Crippen LogP contribution in [0.25, 0.3) is 0 Å². The van der Waals surface area contributed by atoms with E-state index in [1.807, 2.05) is 0 Å². The molecule has 0 aliphatic carbocycles. The molecule has 0 aromatic rings. The molecule has 0 radical (unpaired) electrons. The summed E-state index contributed by atoms with van der Waals surface area (Å²) in [7, 11) is 0. The van der Waals surface area contributed by atoms with Crippen LogP contribution in [0.3, 0.4) is 0 Å².